The number of nitrogens with zero attached hydrogens (tertiary/aromatic N) is 1. The van der Waals surface area contributed by atoms with Gasteiger partial charge >= 0.3 is 0 Å². The summed E-state index contributed by atoms with van der Waals surface area (Å²) >= 11 is 3.41. The van der Waals surface area contributed by atoms with Crippen molar-refractivity contribution >= 4 is 21.7 Å². The molecule has 3 nitrogen and oxygen atoms in total. The van der Waals surface area contributed by atoms with Gasteiger partial charge in [0.15, 0.2) is 0 Å². The molecule has 0 aliphatic heterocycles. The van der Waals surface area contributed by atoms with Crippen LogP contribution in [0.2, 0.25) is 0 Å². The number of pyridine rings is 1. The normalized spacial score (nSPS) is 10.1. The van der Waals surface area contributed by atoms with E-state index in [9.17, 15) is 0 Å². The Balaban J connectivity index is 1.99. The zero-order valence-corrected chi connectivity index (χ0v) is 11.8. The van der Waals surface area contributed by atoms with Crippen molar-refractivity contribution in [3.63, 3.8) is 0 Å². The van der Waals surface area contributed by atoms with Crippen LogP contribution in [0, 0.1) is 0 Å². The molecule has 2 rings (SSSR count). The minimum absolute atomic E-state index is 0.468. The summed E-state index contributed by atoms with van der Waals surface area (Å²) < 4.78 is 6.69. The van der Waals surface area contributed by atoms with Crippen molar-refractivity contribution in [2.24, 2.45) is 0 Å². The SMILES string of the molecule is CCNc1cccc(COc2cccc(Br)c2)n1. The third kappa shape index (κ3) is 3.74. The van der Waals surface area contributed by atoms with Gasteiger partial charge in [0.05, 0.1) is 5.69 Å². The fraction of sp³-hybridized carbons (Fsp3) is 0.214. The van der Waals surface area contributed by atoms with Gasteiger partial charge in [0.25, 0.3) is 0 Å². The lowest BCUT2D eigenvalue weighted by Gasteiger charge is -2.08. The Morgan fingerprint density at radius 1 is 1.22 bits per heavy atom. The van der Waals surface area contributed by atoms with Gasteiger partial charge in [-0.25, -0.2) is 4.98 Å². The maximum absolute atomic E-state index is 5.69. The fourth-order valence-corrected chi connectivity index (χ4v) is 1.93. The van der Waals surface area contributed by atoms with Crippen molar-refractivity contribution in [3.05, 3.63) is 52.6 Å². The van der Waals surface area contributed by atoms with E-state index in [-0.39, 0.29) is 0 Å². The van der Waals surface area contributed by atoms with Crippen LogP contribution in [0.25, 0.3) is 0 Å². The van der Waals surface area contributed by atoms with Gasteiger partial charge in [0.2, 0.25) is 0 Å². The Bertz CT molecular complexity index is 517. The van der Waals surface area contributed by atoms with E-state index in [0.29, 0.717) is 6.61 Å². The average molecular weight is 307 g/mol. The fourth-order valence-electron chi connectivity index (χ4n) is 1.55. The summed E-state index contributed by atoms with van der Waals surface area (Å²) in [4.78, 5) is 4.45. The number of anilines is 1. The molecule has 4 heteroatoms. The summed E-state index contributed by atoms with van der Waals surface area (Å²) in [6.07, 6.45) is 0. The maximum Gasteiger partial charge on any atom is 0.130 e. The van der Waals surface area contributed by atoms with Crippen LogP contribution in [0.3, 0.4) is 0 Å². The summed E-state index contributed by atoms with van der Waals surface area (Å²) in [5.74, 6) is 1.72. The molecule has 0 saturated heterocycles. The van der Waals surface area contributed by atoms with E-state index in [1.54, 1.807) is 0 Å². The lowest BCUT2D eigenvalue weighted by Crippen LogP contribution is -2.03. The first-order chi connectivity index (χ1) is 8.78. The second kappa shape index (κ2) is 6.40. The van der Waals surface area contributed by atoms with Crippen LogP contribution < -0.4 is 10.1 Å². The van der Waals surface area contributed by atoms with Gasteiger partial charge in [-0.3, -0.25) is 0 Å². The van der Waals surface area contributed by atoms with E-state index in [1.807, 2.05) is 49.4 Å². The number of ether oxygens (including phenoxy) is 1. The van der Waals surface area contributed by atoms with E-state index < -0.39 is 0 Å². The van der Waals surface area contributed by atoms with Crippen LogP contribution in [0.5, 0.6) is 5.75 Å². The highest BCUT2D eigenvalue weighted by Gasteiger charge is 1.99. The highest BCUT2D eigenvalue weighted by Crippen LogP contribution is 2.18. The van der Waals surface area contributed by atoms with Crippen LogP contribution in [0.1, 0.15) is 12.6 Å². The van der Waals surface area contributed by atoms with Crippen LogP contribution in [-0.2, 0) is 6.61 Å². The lowest BCUT2D eigenvalue weighted by molar-refractivity contribution is 0.301. The van der Waals surface area contributed by atoms with Gasteiger partial charge in [0, 0.05) is 11.0 Å². The third-order valence-electron chi connectivity index (χ3n) is 2.35. The molecule has 1 aromatic carbocycles. The summed E-state index contributed by atoms with van der Waals surface area (Å²) in [5.41, 5.74) is 0.911. The minimum Gasteiger partial charge on any atom is -0.487 e. The summed E-state index contributed by atoms with van der Waals surface area (Å²) in [6.45, 7) is 3.38. The predicted molar refractivity (Wildman–Crippen MR) is 76.9 cm³/mol. The number of benzene rings is 1. The molecule has 18 heavy (non-hydrogen) atoms. The zero-order chi connectivity index (χ0) is 12.8. The smallest absolute Gasteiger partial charge is 0.130 e. The Labute approximate surface area is 115 Å². The Kier molecular flexibility index (Phi) is 4.59. The van der Waals surface area contributed by atoms with Gasteiger partial charge in [-0.05, 0) is 37.3 Å². The molecule has 0 bridgehead atoms. The molecule has 0 saturated carbocycles. The first-order valence-corrected chi connectivity index (χ1v) is 6.65. The Hall–Kier alpha value is -1.55. The van der Waals surface area contributed by atoms with Crippen molar-refractivity contribution in [1.29, 1.82) is 0 Å². The van der Waals surface area contributed by atoms with Crippen LogP contribution >= 0.6 is 15.9 Å². The number of halogens is 1. The molecule has 1 N–H and O–H groups in total. The monoisotopic (exact) mass is 306 g/mol. The van der Waals surface area contributed by atoms with Gasteiger partial charge in [-0.2, -0.15) is 0 Å². The molecular formula is C14H15BrN2O. The van der Waals surface area contributed by atoms with Crippen molar-refractivity contribution in [1.82, 2.24) is 4.98 Å². The summed E-state index contributed by atoms with van der Waals surface area (Å²) in [5, 5.41) is 3.18. The van der Waals surface area contributed by atoms with Gasteiger partial charge in [0.1, 0.15) is 18.2 Å². The Morgan fingerprint density at radius 2 is 2.06 bits per heavy atom. The molecule has 0 atom stereocenters. The summed E-state index contributed by atoms with van der Waals surface area (Å²) in [6, 6.07) is 13.7. The van der Waals surface area contributed by atoms with Crippen molar-refractivity contribution < 1.29 is 4.74 Å². The number of nitrogens with one attached hydrogen (secondary N) is 1. The zero-order valence-electron chi connectivity index (χ0n) is 10.2. The maximum atomic E-state index is 5.69. The third-order valence-corrected chi connectivity index (χ3v) is 2.84. The first kappa shape index (κ1) is 12.9. The molecule has 0 spiro atoms. The van der Waals surface area contributed by atoms with E-state index in [0.717, 1.165) is 28.3 Å². The minimum atomic E-state index is 0.468. The van der Waals surface area contributed by atoms with Gasteiger partial charge < -0.3 is 10.1 Å². The number of aromatic nitrogens is 1. The molecule has 0 amide bonds. The molecule has 1 heterocycles. The molecule has 94 valence electrons. The molecule has 0 aliphatic rings. The first-order valence-electron chi connectivity index (χ1n) is 5.86. The topological polar surface area (TPSA) is 34.1 Å². The molecule has 0 aliphatic carbocycles. The second-order valence-electron chi connectivity index (χ2n) is 3.79. The van der Waals surface area contributed by atoms with E-state index in [2.05, 4.69) is 26.2 Å². The summed E-state index contributed by atoms with van der Waals surface area (Å²) in [7, 11) is 0. The van der Waals surface area contributed by atoms with Crippen LogP contribution in [-0.4, -0.2) is 11.5 Å². The predicted octanol–water partition coefficient (Wildman–Crippen LogP) is 3.85. The van der Waals surface area contributed by atoms with Gasteiger partial charge in [-0.15, -0.1) is 0 Å². The number of hydrogen-bond donors (Lipinski definition) is 1. The largest absolute Gasteiger partial charge is 0.487 e. The lowest BCUT2D eigenvalue weighted by atomic mass is 10.3. The highest BCUT2D eigenvalue weighted by molar-refractivity contribution is 9.10. The van der Waals surface area contributed by atoms with Crippen molar-refractivity contribution in [3.8, 4) is 5.75 Å². The van der Waals surface area contributed by atoms with Crippen LogP contribution in [0.4, 0.5) is 5.82 Å². The quantitative estimate of drug-likeness (QED) is 0.911. The van der Waals surface area contributed by atoms with Gasteiger partial charge in [-0.1, -0.05) is 28.1 Å². The molecule has 0 radical (unpaired) electrons. The van der Waals surface area contributed by atoms with E-state index in [1.165, 1.54) is 0 Å². The van der Waals surface area contributed by atoms with Crippen molar-refractivity contribution in [2.45, 2.75) is 13.5 Å². The standard InChI is InChI=1S/C14H15BrN2O/c1-2-16-14-8-4-6-12(17-14)10-18-13-7-3-5-11(15)9-13/h3-9H,2,10H2,1H3,(H,16,17). The van der Waals surface area contributed by atoms with Crippen molar-refractivity contribution in [2.75, 3.05) is 11.9 Å². The number of hydrogen-bond acceptors (Lipinski definition) is 3. The molecule has 0 fully saturated rings. The number of rotatable bonds is 5. The molecule has 1 aromatic heterocycles. The molecule has 2 aromatic rings. The van der Waals surface area contributed by atoms with E-state index >= 15 is 0 Å². The van der Waals surface area contributed by atoms with E-state index in [4.69, 9.17) is 4.74 Å². The molecule has 0 unspecified atom stereocenters. The highest BCUT2D eigenvalue weighted by atomic mass is 79.9. The van der Waals surface area contributed by atoms with Crippen LogP contribution in [0.15, 0.2) is 46.9 Å². The molecular weight excluding hydrogens is 292 g/mol. The Morgan fingerprint density at radius 3 is 2.83 bits per heavy atom. The second-order valence-corrected chi connectivity index (χ2v) is 4.71. The average Bonchev–Trinajstić information content (AvgIpc) is 2.37.